The topological polar surface area (TPSA) is 40.5 Å². The van der Waals surface area contributed by atoms with E-state index in [-0.39, 0.29) is 5.91 Å². The predicted molar refractivity (Wildman–Crippen MR) is 93.8 cm³/mol. The van der Waals surface area contributed by atoms with Gasteiger partial charge >= 0.3 is 0 Å². The molecule has 3 nitrogen and oxygen atoms in total. The second kappa shape index (κ2) is 5.95. The summed E-state index contributed by atoms with van der Waals surface area (Å²) in [5, 5.41) is 11.0. The molecule has 0 unspecified atom stereocenters. The number of carbonyl (C=O) groups excluding carboxylic acids is 1. The first kappa shape index (κ1) is 14.7. The molecular formula is C21H17NO2. The molecule has 0 bridgehead atoms. The Morgan fingerprint density at radius 1 is 0.792 bits per heavy atom. The molecule has 0 saturated heterocycles. The van der Waals surface area contributed by atoms with Crippen molar-refractivity contribution in [3.8, 4) is 0 Å². The van der Waals surface area contributed by atoms with Crippen molar-refractivity contribution in [3.63, 3.8) is 0 Å². The highest BCUT2D eigenvalue weighted by molar-refractivity contribution is 6.11. The third-order valence-electron chi connectivity index (χ3n) is 4.48. The third-order valence-corrected chi connectivity index (χ3v) is 4.48. The highest BCUT2D eigenvalue weighted by Crippen LogP contribution is 2.44. The molecule has 2 atom stereocenters. The Hall–Kier alpha value is -2.91. The van der Waals surface area contributed by atoms with E-state index in [0.717, 1.165) is 16.8 Å². The Morgan fingerprint density at radius 3 is 2.08 bits per heavy atom. The molecule has 0 aliphatic carbocycles. The van der Waals surface area contributed by atoms with Crippen molar-refractivity contribution >= 4 is 11.6 Å². The molecule has 1 aliphatic heterocycles. The van der Waals surface area contributed by atoms with E-state index in [1.54, 1.807) is 4.90 Å². The number of hydrogen-bond acceptors (Lipinski definition) is 2. The quantitative estimate of drug-likeness (QED) is 0.790. The second-order valence-electron chi connectivity index (χ2n) is 5.90. The maximum Gasteiger partial charge on any atom is 0.259 e. The van der Waals surface area contributed by atoms with Gasteiger partial charge in [0.05, 0.1) is 6.04 Å². The molecule has 1 N–H and O–H groups in total. The number of anilines is 1. The van der Waals surface area contributed by atoms with Crippen LogP contribution in [-0.4, -0.2) is 11.0 Å². The van der Waals surface area contributed by atoms with Crippen molar-refractivity contribution in [2.75, 3.05) is 4.90 Å². The first-order valence-corrected chi connectivity index (χ1v) is 7.98. The molecule has 3 aromatic rings. The molecule has 0 aromatic heterocycles. The van der Waals surface area contributed by atoms with E-state index in [2.05, 4.69) is 0 Å². The SMILES string of the molecule is O=C1c2ccccc2[C@@H]([C@@H](O)c2ccccc2)N1c1ccccc1. The minimum Gasteiger partial charge on any atom is -0.386 e. The van der Waals surface area contributed by atoms with Gasteiger partial charge < -0.3 is 5.11 Å². The molecule has 0 radical (unpaired) electrons. The molecule has 0 fully saturated rings. The van der Waals surface area contributed by atoms with Crippen molar-refractivity contribution in [1.29, 1.82) is 0 Å². The molecular weight excluding hydrogens is 298 g/mol. The lowest BCUT2D eigenvalue weighted by molar-refractivity contribution is 0.0946. The lowest BCUT2D eigenvalue weighted by atomic mass is 9.95. The van der Waals surface area contributed by atoms with Crippen LogP contribution in [0.25, 0.3) is 0 Å². The maximum atomic E-state index is 13.0. The molecule has 118 valence electrons. The van der Waals surface area contributed by atoms with Crippen molar-refractivity contribution in [2.45, 2.75) is 12.1 Å². The number of hydrogen-bond donors (Lipinski definition) is 1. The number of aliphatic hydroxyl groups excluding tert-OH is 1. The van der Waals surface area contributed by atoms with Crippen LogP contribution < -0.4 is 4.90 Å². The van der Waals surface area contributed by atoms with E-state index in [9.17, 15) is 9.90 Å². The standard InChI is InChI=1S/C21H17NO2/c23-20(15-9-3-1-4-10-15)19-17-13-7-8-14-18(17)21(24)22(19)16-11-5-2-6-12-16/h1-14,19-20,23H/t19-,20-/m0/s1. The van der Waals surface area contributed by atoms with Crippen molar-refractivity contribution in [2.24, 2.45) is 0 Å². The zero-order chi connectivity index (χ0) is 16.5. The van der Waals surface area contributed by atoms with Gasteiger partial charge in [-0.3, -0.25) is 9.69 Å². The van der Waals surface area contributed by atoms with Crippen LogP contribution in [-0.2, 0) is 0 Å². The smallest absolute Gasteiger partial charge is 0.259 e. The van der Waals surface area contributed by atoms with E-state index in [1.165, 1.54) is 0 Å². The molecule has 1 heterocycles. The summed E-state index contributed by atoms with van der Waals surface area (Å²) in [6, 6.07) is 26.1. The fraction of sp³-hybridized carbons (Fsp3) is 0.0952. The minimum atomic E-state index is -0.793. The van der Waals surface area contributed by atoms with Crippen molar-refractivity contribution in [1.82, 2.24) is 0 Å². The largest absolute Gasteiger partial charge is 0.386 e. The van der Waals surface area contributed by atoms with Gasteiger partial charge in [0.15, 0.2) is 0 Å². The number of amides is 1. The number of benzene rings is 3. The second-order valence-corrected chi connectivity index (χ2v) is 5.90. The Balaban J connectivity index is 1.85. The average Bonchev–Trinajstić information content (AvgIpc) is 2.95. The lowest BCUT2D eigenvalue weighted by Gasteiger charge is -2.29. The molecule has 1 amide bonds. The summed E-state index contributed by atoms with van der Waals surface area (Å²) in [4.78, 5) is 14.7. The van der Waals surface area contributed by atoms with Gasteiger partial charge in [-0.15, -0.1) is 0 Å². The van der Waals surface area contributed by atoms with Crippen molar-refractivity contribution in [3.05, 3.63) is 102 Å². The number of nitrogens with zero attached hydrogens (tertiary/aromatic N) is 1. The molecule has 1 aliphatic rings. The molecule has 0 saturated carbocycles. The maximum absolute atomic E-state index is 13.0. The van der Waals surface area contributed by atoms with Gasteiger partial charge in [0.1, 0.15) is 6.10 Å². The highest BCUT2D eigenvalue weighted by Gasteiger charge is 2.41. The van der Waals surface area contributed by atoms with Crippen LogP contribution >= 0.6 is 0 Å². The van der Waals surface area contributed by atoms with Crippen LogP contribution in [0.2, 0.25) is 0 Å². The molecule has 24 heavy (non-hydrogen) atoms. The Kier molecular flexibility index (Phi) is 3.63. The number of aliphatic hydroxyl groups is 1. The van der Waals surface area contributed by atoms with E-state index in [1.807, 2.05) is 84.9 Å². The van der Waals surface area contributed by atoms with Crippen molar-refractivity contribution < 1.29 is 9.90 Å². The van der Waals surface area contributed by atoms with Crippen LogP contribution in [0.4, 0.5) is 5.69 Å². The Bertz CT molecular complexity index is 861. The fourth-order valence-electron chi connectivity index (χ4n) is 3.36. The van der Waals surface area contributed by atoms with Gasteiger partial charge in [0.2, 0.25) is 0 Å². The predicted octanol–water partition coefficient (Wildman–Crippen LogP) is 4.12. The number of rotatable bonds is 3. The zero-order valence-corrected chi connectivity index (χ0v) is 13.0. The van der Waals surface area contributed by atoms with Gasteiger partial charge in [-0.2, -0.15) is 0 Å². The van der Waals surface area contributed by atoms with E-state index < -0.39 is 12.1 Å². The van der Waals surface area contributed by atoms with E-state index in [4.69, 9.17) is 0 Å². The molecule has 3 aromatic carbocycles. The average molecular weight is 315 g/mol. The summed E-state index contributed by atoms with van der Waals surface area (Å²) in [5.41, 5.74) is 3.11. The molecule has 4 rings (SSSR count). The lowest BCUT2D eigenvalue weighted by Crippen LogP contribution is -2.31. The normalized spacial score (nSPS) is 17.6. The third kappa shape index (κ3) is 2.30. The van der Waals surface area contributed by atoms with Gasteiger partial charge in [-0.1, -0.05) is 66.7 Å². The van der Waals surface area contributed by atoms with Gasteiger partial charge in [-0.05, 0) is 29.3 Å². The summed E-state index contributed by atoms with van der Waals surface area (Å²) in [5.74, 6) is -0.0724. The van der Waals surface area contributed by atoms with Gasteiger partial charge in [-0.25, -0.2) is 0 Å². The summed E-state index contributed by atoms with van der Waals surface area (Å²) in [7, 11) is 0. The van der Waals surface area contributed by atoms with Gasteiger partial charge in [0.25, 0.3) is 5.91 Å². The van der Waals surface area contributed by atoms with E-state index >= 15 is 0 Å². The van der Waals surface area contributed by atoms with Crippen LogP contribution in [0.15, 0.2) is 84.9 Å². The van der Waals surface area contributed by atoms with Crippen LogP contribution in [0.3, 0.4) is 0 Å². The Morgan fingerprint density at radius 2 is 1.38 bits per heavy atom. The van der Waals surface area contributed by atoms with Crippen LogP contribution in [0.5, 0.6) is 0 Å². The Labute approximate surface area is 140 Å². The zero-order valence-electron chi connectivity index (χ0n) is 13.0. The number of fused-ring (bicyclic) bond motifs is 1. The summed E-state index contributed by atoms with van der Waals surface area (Å²) < 4.78 is 0. The summed E-state index contributed by atoms with van der Waals surface area (Å²) >= 11 is 0. The number of para-hydroxylation sites is 1. The molecule has 3 heteroatoms. The van der Waals surface area contributed by atoms with Gasteiger partial charge in [0, 0.05) is 11.3 Å². The summed E-state index contributed by atoms with van der Waals surface area (Å²) in [6.45, 7) is 0. The van der Waals surface area contributed by atoms with Crippen LogP contribution in [0.1, 0.15) is 33.6 Å². The minimum absolute atomic E-state index is 0.0724. The fourth-order valence-corrected chi connectivity index (χ4v) is 3.36. The monoisotopic (exact) mass is 315 g/mol. The first-order chi connectivity index (χ1) is 11.8. The summed E-state index contributed by atoms with van der Waals surface area (Å²) in [6.07, 6.45) is -0.793. The number of carbonyl (C=O) groups is 1. The van der Waals surface area contributed by atoms with E-state index in [0.29, 0.717) is 5.56 Å². The molecule has 0 spiro atoms. The van der Waals surface area contributed by atoms with Crippen LogP contribution in [0, 0.1) is 0 Å². The first-order valence-electron chi connectivity index (χ1n) is 7.98. The highest BCUT2D eigenvalue weighted by atomic mass is 16.3.